The van der Waals surface area contributed by atoms with E-state index in [1.165, 1.54) is 37.9 Å². The highest BCUT2D eigenvalue weighted by Crippen LogP contribution is 2.27. The molecule has 1 heterocycles. The zero-order valence-corrected chi connectivity index (χ0v) is 11.2. The Labute approximate surface area is 109 Å². The van der Waals surface area contributed by atoms with E-state index in [1.807, 2.05) is 18.3 Å². The molecule has 1 aromatic heterocycles. The molecule has 94 valence electrons. The molecule has 0 atom stereocenters. The Bertz CT molecular complexity index is 296. The fourth-order valence-electron chi connectivity index (χ4n) is 2.25. The molecule has 2 nitrogen and oxygen atoms in total. The lowest BCUT2D eigenvalue weighted by Gasteiger charge is -2.20. The van der Waals surface area contributed by atoms with Gasteiger partial charge in [0.15, 0.2) is 0 Å². The molecule has 0 spiro atoms. The monoisotopic (exact) mass is 250 g/mol. The topological polar surface area (TPSA) is 24.9 Å². The van der Waals surface area contributed by atoms with E-state index in [4.69, 9.17) is 0 Å². The molecule has 0 aliphatic heterocycles. The lowest BCUT2D eigenvalue weighted by atomic mass is 10.0. The number of nitrogens with one attached hydrogen (secondary N) is 1. The van der Waals surface area contributed by atoms with Crippen molar-refractivity contribution in [1.29, 1.82) is 0 Å². The molecule has 0 amide bonds. The predicted molar refractivity (Wildman–Crippen MR) is 75.3 cm³/mol. The Morgan fingerprint density at radius 1 is 1.24 bits per heavy atom. The van der Waals surface area contributed by atoms with Crippen LogP contribution in [0.25, 0.3) is 0 Å². The van der Waals surface area contributed by atoms with E-state index in [9.17, 15) is 0 Å². The number of hydrogen-bond acceptors (Lipinski definition) is 3. The average molecular weight is 250 g/mol. The average Bonchev–Trinajstić information content (AvgIpc) is 2.41. The first-order valence-corrected chi connectivity index (χ1v) is 7.72. The smallest absolute Gasteiger partial charge is 0.0541 e. The van der Waals surface area contributed by atoms with Crippen molar-refractivity contribution in [3.63, 3.8) is 0 Å². The maximum atomic E-state index is 4.30. The molecule has 2 rings (SSSR count). The van der Waals surface area contributed by atoms with Crippen molar-refractivity contribution < 1.29 is 0 Å². The van der Waals surface area contributed by atoms with E-state index in [1.54, 1.807) is 0 Å². The molecule has 1 saturated carbocycles. The van der Waals surface area contributed by atoms with Crippen LogP contribution in [0.4, 0.5) is 0 Å². The van der Waals surface area contributed by atoms with Gasteiger partial charge in [0.25, 0.3) is 0 Å². The standard InChI is InChI=1S/C14H22N2S/c1-2-7-14(8-3-1)17-11-10-15-12-13-6-4-5-9-16-13/h4-6,9,14-15H,1-3,7-8,10-12H2. The SMILES string of the molecule is c1ccc(CNCCSC2CCCCC2)nc1. The van der Waals surface area contributed by atoms with Crippen LogP contribution in [-0.2, 0) is 6.54 Å². The summed E-state index contributed by atoms with van der Waals surface area (Å²) >= 11 is 2.15. The third-order valence-corrected chi connectivity index (χ3v) is 4.60. The number of nitrogens with zero attached hydrogens (tertiary/aromatic N) is 1. The molecule has 1 aromatic rings. The summed E-state index contributed by atoms with van der Waals surface area (Å²) in [6.45, 7) is 1.99. The summed E-state index contributed by atoms with van der Waals surface area (Å²) < 4.78 is 0. The van der Waals surface area contributed by atoms with Crippen LogP contribution in [-0.4, -0.2) is 22.5 Å². The van der Waals surface area contributed by atoms with Crippen molar-refractivity contribution in [2.45, 2.75) is 43.9 Å². The van der Waals surface area contributed by atoms with Gasteiger partial charge in [0.2, 0.25) is 0 Å². The van der Waals surface area contributed by atoms with Crippen LogP contribution < -0.4 is 5.32 Å². The van der Waals surface area contributed by atoms with Crippen molar-refractivity contribution in [2.75, 3.05) is 12.3 Å². The van der Waals surface area contributed by atoms with Gasteiger partial charge in [0, 0.05) is 30.3 Å². The third-order valence-electron chi connectivity index (χ3n) is 3.22. The molecule has 1 N–H and O–H groups in total. The Balaban J connectivity index is 1.51. The zero-order valence-electron chi connectivity index (χ0n) is 10.4. The molecular formula is C14H22N2S. The normalized spacial score (nSPS) is 17.2. The van der Waals surface area contributed by atoms with Crippen molar-refractivity contribution >= 4 is 11.8 Å². The summed E-state index contributed by atoms with van der Waals surface area (Å²) in [5.74, 6) is 1.23. The van der Waals surface area contributed by atoms with E-state index in [2.05, 4.69) is 28.1 Å². The number of aromatic nitrogens is 1. The summed E-state index contributed by atoms with van der Waals surface area (Å²) in [4.78, 5) is 4.30. The van der Waals surface area contributed by atoms with Gasteiger partial charge in [0.1, 0.15) is 0 Å². The molecule has 0 aromatic carbocycles. The molecule has 0 radical (unpaired) electrons. The van der Waals surface area contributed by atoms with Gasteiger partial charge >= 0.3 is 0 Å². The molecule has 17 heavy (non-hydrogen) atoms. The Morgan fingerprint density at radius 3 is 2.88 bits per heavy atom. The quantitative estimate of drug-likeness (QED) is 0.785. The molecule has 1 aliphatic rings. The maximum Gasteiger partial charge on any atom is 0.0541 e. The lowest BCUT2D eigenvalue weighted by Crippen LogP contribution is -2.19. The van der Waals surface area contributed by atoms with Gasteiger partial charge in [-0.15, -0.1) is 0 Å². The van der Waals surface area contributed by atoms with Gasteiger partial charge in [-0.1, -0.05) is 25.3 Å². The van der Waals surface area contributed by atoms with Gasteiger partial charge in [-0.2, -0.15) is 11.8 Å². The molecular weight excluding hydrogens is 228 g/mol. The van der Waals surface area contributed by atoms with Crippen molar-refractivity contribution in [3.05, 3.63) is 30.1 Å². The van der Waals surface area contributed by atoms with E-state index in [-0.39, 0.29) is 0 Å². The highest BCUT2D eigenvalue weighted by molar-refractivity contribution is 7.99. The summed E-state index contributed by atoms with van der Waals surface area (Å²) in [6.07, 6.45) is 9.07. The van der Waals surface area contributed by atoms with Crippen molar-refractivity contribution in [2.24, 2.45) is 0 Å². The highest BCUT2D eigenvalue weighted by atomic mass is 32.2. The zero-order chi connectivity index (χ0) is 11.8. The molecule has 0 saturated heterocycles. The largest absolute Gasteiger partial charge is 0.310 e. The fourth-order valence-corrected chi connectivity index (χ4v) is 3.51. The summed E-state index contributed by atoms with van der Waals surface area (Å²) in [6, 6.07) is 6.07. The Kier molecular flexibility index (Phi) is 5.86. The van der Waals surface area contributed by atoms with E-state index >= 15 is 0 Å². The molecule has 0 unspecified atom stereocenters. The number of pyridine rings is 1. The van der Waals surface area contributed by atoms with Crippen LogP contribution in [0.2, 0.25) is 0 Å². The summed E-state index contributed by atoms with van der Waals surface area (Å²) in [7, 11) is 0. The summed E-state index contributed by atoms with van der Waals surface area (Å²) in [5, 5.41) is 4.39. The minimum absolute atomic E-state index is 0.895. The van der Waals surface area contributed by atoms with Crippen LogP contribution in [0.15, 0.2) is 24.4 Å². The van der Waals surface area contributed by atoms with Crippen LogP contribution in [0.3, 0.4) is 0 Å². The molecule has 0 bridgehead atoms. The summed E-state index contributed by atoms with van der Waals surface area (Å²) in [5.41, 5.74) is 1.13. The lowest BCUT2D eigenvalue weighted by molar-refractivity contribution is 0.516. The second-order valence-electron chi connectivity index (χ2n) is 4.63. The second-order valence-corrected chi connectivity index (χ2v) is 6.04. The van der Waals surface area contributed by atoms with Gasteiger partial charge in [-0.3, -0.25) is 4.98 Å². The third kappa shape index (κ3) is 5.09. The molecule has 1 fully saturated rings. The Hall–Kier alpha value is -0.540. The van der Waals surface area contributed by atoms with E-state index in [0.29, 0.717) is 0 Å². The first kappa shape index (κ1) is 12.9. The number of rotatable bonds is 6. The van der Waals surface area contributed by atoms with E-state index < -0.39 is 0 Å². The van der Waals surface area contributed by atoms with Gasteiger partial charge in [0.05, 0.1) is 5.69 Å². The second kappa shape index (κ2) is 7.72. The van der Waals surface area contributed by atoms with Crippen LogP contribution in [0.1, 0.15) is 37.8 Å². The first-order chi connectivity index (χ1) is 8.45. The number of hydrogen-bond donors (Lipinski definition) is 1. The van der Waals surface area contributed by atoms with Crippen LogP contribution in [0.5, 0.6) is 0 Å². The van der Waals surface area contributed by atoms with Crippen LogP contribution >= 0.6 is 11.8 Å². The van der Waals surface area contributed by atoms with Gasteiger partial charge < -0.3 is 5.32 Å². The molecule has 1 aliphatic carbocycles. The van der Waals surface area contributed by atoms with Crippen LogP contribution in [0, 0.1) is 0 Å². The minimum atomic E-state index is 0.895. The van der Waals surface area contributed by atoms with Gasteiger partial charge in [-0.25, -0.2) is 0 Å². The number of thioether (sulfide) groups is 1. The Morgan fingerprint density at radius 2 is 2.12 bits per heavy atom. The maximum absolute atomic E-state index is 4.30. The predicted octanol–water partition coefficient (Wildman–Crippen LogP) is 3.24. The van der Waals surface area contributed by atoms with Crippen molar-refractivity contribution in [3.8, 4) is 0 Å². The fraction of sp³-hybridized carbons (Fsp3) is 0.643. The minimum Gasteiger partial charge on any atom is -0.310 e. The van der Waals surface area contributed by atoms with Crippen molar-refractivity contribution in [1.82, 2.24) is 10.3 Å². The highest BCUT2D eigenvalue weighted by Gasteiger charge is 2.12. The molecule has 3 heteroatoms. The van der Waals surface area contributed by atoms with Gasteiger partial charge in [-0.05, 0) is 25.0 Å². The van der Waals surface area contributed by atoms with E-state index in [0.717, 1.165) is 24.0 Å². The first-order valence-electron chi connectivity index (χ1n) is 6.67.